The molecule has 0 radical (unpaired) electrons. The number of amides is 1. The third kappa shape index (κ3) is 5.10. The maximum Gasteiger partial charge on any atom is 0.417 e. The molecular weight excluding hydrogens is 426 g/mol. The molecule has 0 saturated heterocycles. The molecule has 0 saturated carbocycles. The zero-order chi connectivity index (χ0) is 22.7. The Bertz CT molecular complexity index is 1290. The Morgan fingerprint density at radius 2 is 1.72 bits per heavy atom. The Balaban J connectivity index is 1.60. The lowest BCUT2D eigenvalue weighted by molar-refractivity contribution is 0.0732. The molecule has 0 aliphatic heterocycles. The van der Waals surface area contributed by atoms with Crippen molar-refractivity contribution in [1.29, 1.82) is 0 Å². The number of carbonyl (C=O) groups is 1. The fourth-order valence-corrected chi connectivity index (χ4v) is 3.67. The average molecular weight is 450 g/mol. The zero-order valence-corrected chi connectivity index (χ0v) is 18.7. The molecule has 4 aromatic rings. The number of nitrogens with one attached hydrogen (secondary N) is 1. The zero-order valence-electron chi connectivity index (χ0n) is 18.0. The minimum Gasteiger partial charge on any atom is -0.408 e. The first-order valence-electron chi connectivity index (χ1n) is 10.3. The fourth-order valence-electron chi connectivity index (χ4n) is 3.54. The second-order valence-corrected chi connectivity index (χ2v) is 8.40. The third-order valence-corrected chi connectivity index (χ3v) is 5.50. The van der Waals surface area contributed by atoms with E-state index in [1.165, 1.54) is 0 Å². The van der Waals surface area contributed by atoms with Crippen LogP contribution in [0.15, 0.2) is 75.9 Å². The van der Waals surface area contributed by atoms with E-state index in [4.69, 9.17) is 16.0 Å². The molecule has 1 aromatic heterocycles. The summed E-state index contributed by atoms with van der Waals surface area (Å²) in [6.07, 6.45) is 0. The lowest BCUT2D eigenvalue weighted by Gasteiger charge is -2.25. The van der Waals surface area contributed by atoms with Gasteiger partial charge in [-0.25, -0.2) is 4.79 Å². The number of carbonyl (C=O) groups excluding carboxylic acids is 1. The normalized spacial score (nSPS) is 11.2. The van der Waals surface area contributed by atoms with Crippen molar-refractivity contribution in [3.05, 3.63) is 93.4 Å². The van der Waals surface area contributed by atoms with E-state index in [-0.39, 0.29) is 5.91 Å². The molecule has 6 nitrogen and oxygen atoms in total. The molecule has 3 aromatic carbocycles. The van der Waals surface area contributed by atoms with Gasteiger partial charge in [0, 0.05) is 30.2 Å². The van der Waals surface area contributed by atoms with Gasteiger partial charge in [-0.2, -0.15) is 0 Å². The van der Waals surface area contributed by atoms with Gasteiger partial charge in [-0.15, -0.1) is 0 Å². The van der Waals surface area contributed by atoms with Crippen LogP contribution >= 0.6 is 11.6 Å². The van der Waals surface area contributed by atoms with Crippen molar-refractivity contribution in [1.82, 2.24) is 14.8 Å². The van der Waals surface area contributed by atoms with Gasteiger partial charge in [-0.05, 0) is 73.3 Å². The first kappa shape index (κ1) is 21.9. The largest absolute Gasteiger partial charge is 0.417 e. The summed E-state index contributed by atoms with van der Waals surface area (Å²) in [4.78, 5) is 31.2. The molecular formula is C25H24ClN3O3. The van der Waals surface area contributed by atoms with E-state index < -0.39 is 5.76 Å². The molecule has 164 valence electrons. The second kappa shape index (κ2) is 9.42. The van der Waals surface area contributed by atoms with Gasteiger partial charge in [0.2, 0.25) is 0 Å². The van der Waals surface area contributed by atoms with Crippen LogP contribution in [0.2, 0.25) is 5.02 Å². The van der Waals surface area contributed by atoms with Crippen LogP contribution in [0.5, 0.6) is 0 Å². The van der Waals surface area contributed by atoms with Crippen LogP contribution in [-0.4, -0.2) is 47.9 Å². The first-order chi connectivity index (χ1) is 15.4. The molecule has 0 bridgehead atoms. The number of likely N-dealkylation sites (N-methyl/N-ethyl adjacent to an activating group) is 1. The summed E-state index contributed by atoms with van der Waals surface area (Å²) in [5, 5.41) is 0.601. The molecule has 7 heteroatoms. The molecule has 0 spiro atoms. The first-order valence-corrected chi connectivity index (χ1v) is 10.7. The Morgan fingerprint density at radius 3 is 2.47 bits per heavy atom. The van der Waals surface area contributed by atoms with Gasteiger partial charge in [0.1, 0.15) is 0 Å². The fraction of sp³-hybridized carbons (Fsp3) is 0.200. The minimum absolute atomic E-state index is 0.0376. The SMILES string of the molecule is CN(C)CCN(Cc1cccc(-c2ccc3[nH]c(=O)oc3c2)c1)C(=O)c1ccc(Cl)cc1. The Kier molecular flexibility index (Phi) is 6.44. The number of hydrogen-bond donors (Lipinski definition) is 1. The van der Waals surface area contributed by atoms with E-state index >= 15 is 0 Å². The van der Waals surface area contributed by atoms with Crippen molar-refractivity contribution >= 4 is 28.6 Å². The summed E-state index contributed by atoms with van der Waals surface area (Å²) in [7, 11) is 3.97. The number of rotatable bonds is 7. The van der Waals surface area contributed by atoms with Crippen molar-refractivity contribution in [2.75, 3.05) is 27.2 Å². The van der Waals surface area contributed by atoms with E-state index in [0.29, 0.717) is 34.8 Å². The molecule has 1 heterocycles. The van der Waals surface area contributed by atoms with Crippen LogP contribution in [-0.2, 0) is 6.54 Å². The third-order valence-electron chi connectivity index (χ3n) is 5.25. The number of H-pyrrole nitrogens is 1. The summed E-state index contributed by atoms with van der Waals surface area (Å²) < 4.78 is 5.19. The van der Waals surface area contributed by atoms with Crippen molar-refractivity contribution in [3.8, 4) is 11.1 Å². The van der Waals surface area contributed by atoms with Gasteiger partial charge in [-0.1, -0.05) is 35.9 Å². The highest BCUT2D eigenvalue weighted by molar-refractivity contribution is 6.30. The highest BCUT2D eigenvalue weighted by Gasteiger charge is 2.17. The maximum atomic E-state index is 13.2. The molecule has 0 aliphatic rings. The van der Waals surface area contributed by atoms with Crippen LogP contribution in [0.1, 0.15) is 15.9 Å². The van der Waals surface area contributed by atoms with Gasteiger partial charge in [0.15, 0.2) is 5.58 Å². The quantitative estimate of drug-likeness (QED) is 0.446. The van der Waals surface area contributed by atoms with Gasteiger partial charge >= 0.3 is 5.76 Å². The molecule has 0 aliphatic carbocycles. The average Bonchev–Trinajstić information content (AvgIpc) is 3.16. The number of fused-ring (bicyclic) bond motifs is 1. The number of hydrogen-bond acceptors (Lipinski definition) is 4. The standard InChI is InChI=1S/C25H24ClN3O3/c1-28(2)12-13-29(24(30)18-6-9-21(26)10-7-18)16-17-4-3-5-19(14-17)20-8-11-22-23(15-20)32-25(31)27-22/h3-11,14-15H,12-13,16H2,1-2H3,(H,27,31). The smallest absolute Gasteiger partial charge is 0.408 e. The second-order valence-electron chi connectivity index (χ2n) is 7.96. The predicted octanol–water partition coefficient (Wildman–Crippen LogP) is 4.65. The Hall–Kier alpha value is -3.35. The molecule has 32 heavy (non-hydrogen) atoms. The molecule has 0 atom stereocenters. The molecule has 0 unspecified atom stereocenters. The summed E-state index contributed by atoms with van der Waals surface area (Å²) in [5.41, 5.74) is 4.73. The Morgan fingerprint density at radius 1 is 0.969 bits per heavy atom. The highest BCUT2D eigenvalue weighted by atomic mass is 35.5. The van der Waals surface area contributed by atoms with Crippen LogP contribution < -0.4 is 5.76 Å². The van der Waals surface area contributed by atoms with Crippen LogP contribution in [0.25, 0.3) is 22.2 Å². The highest BCUT2D eigenvalue weighted by Crippen LogP contribution is 2.25. The molecule has 0 fully saturated rings. The summed E-state index contributed by atoms with van der Waals surface area (Å²) >= 11 is 5.98. The van der Waals surface area contributed by atoms with E-state index in [0.717, 1.165) is 23.2 Å². The van der Waals surface area contributed by atoms with E-state index in [9.17, 15) is 9.59 Å². The summed E-state index contributed by atoms with van der Waals surface area (Å²) in [6, 6.07) is 20.6. The van der Waals surface area contributed by atoms with E-state index in [1.54, 1.807) is 24.3 Å². The number of aromatic nitrogens is 1. The number of benzene rings is 3. The molecule has 1 amide bonds. The van der Waals surface area contributed by atoms with E-state index in [2.05, 4.69) is 16.0 Å². The monoisotopic (exact) mass is 449 g/mol. The number of aromatic amines is 1. The van der Waals surface area contributed by atoms with Crippen molar-refractivity contribution in [2.24, 2.45) is 0 Å². The number of oxazole rings is 1. The van der Waals surface area contributed by atoms with Gasteiger partial charge in [0.05, 0.1) is 5.52 Å². The molecule has 1 N–H and O–H groups in total. The predicted molar refractivity (Wildman–Crippen MR) is 127 cm³/mol. The van der Waals surface area contributed by atoms with Gasteiger partial charge < -0.3 is 14.2 Å². The van der Waals surface area contributed by atoms with Crippen LogP contribution in [0, 0.1) is 0 Å². The molecule has 4 rings (SSSR count). The lowest BCUT2D eigenvalue weighted by Crippen LogP contribution is -2.36. The van der Waals surface area contributed by atoms with Crippen LogP contribution in [0.3, 0.4) is 0 Å². The van der Waals surface area contributed by atoms with Crippen molar-refractivity contribution < 1.29 is 9.21 Å². The minimum atomic E-state index is -0.469. The topological polar surface area (TPSA) is 69.6 Å². The summed E-state index contributed by atoms with van der Waals surface area (Å²) in [5.74, 6) is -0.507. The van der Waals surface area contributed by atoms with Gasteiger partial charge in [0.25, 0.3) is 5.91 Å². The number of halogens is 1. The number of nitrogens with zero attached hydrogens (tertiary/aromatic N) is 2. The van der Waals surface area contributed by atoms with Crippen LogP contribution in [0.4, 0.5) is 0 Å². The van der Waals surface area contributed by atoms with Gasteiger partial charge in [-0.3, -0.25) is 9.78 Å². The maximum absolute atomic E-state index is 13.2. The Labute approximate surface area is 191 Å². The summed E-state index contributed by atoms with van der Waals surface area (Å²) in [6.45, 7) is 1.83. The van der Waals surface area contributed by atoms with E-state index in [1.807, 2.05) is 55.4 Å². The lowest BCUT2D eigenvalue weighted by atomic mass is 10.0. The van der Waals surface area contributed by atoms with Crippen molar-refractivity contribution in [2.45, 2.75) is 6.54 Å². The van der Waals surface area contributed by atoms with Crippen molar-refractivity contribution in [3.63, 3.8) is 0 Å².